The van der Waals surface area contributed by atoms with Crippen LogP contribution in [0.4, 0.5) is 4.39 Å². The molecule has 0 unspecified atom stereocenters. The van der Waals surface area contributed by atoms with Crippen molar-refractivity contribution in [2.24, 2.45) is 0 Å². The van der Waals surface area contributed by atoms with Crippen molar-refractivity contribution in [2.75, 3.05) is 7.05 Å². The molecule has 0 saturated heterocycles. The Bertz CT molecular complexity index is 992. The number of H-pyrrole nitrogens is 1. The molecule has 0 aliphatic heterocycles. The average molecular weight is 366 g/mol. The molecule has 0 spiro atoms. The summed E-state index contributed by atoms with van der Waals surface area (Å²) in [5, 5.41) is 10.5. The molecule has 1 amide bonds. The number of hydrogen-bond acceptors (Lipinski definition) is 2. The molecule has 3 rings (SSSR count). The van der Waals surface area contributed by atoms with Crippen molar-refractivity contribution in [2.45, 2.75) is 12.5 Å². The van der Waals surface area contributed by atoms with E-state index in [1.807, 2.05) is 24.3 Å². The van der Waals surface area contributed by atoms with Crippen molar-refractivity contribution in [3.63, 3.8) is 0 Å². The third kappa shape index (κ3) is 4.23. The highest BCUT2D eigenvalue weighted by molar-refractivity contribution is 5.94. The lowest BCUT2D eigenvalue weighted by molar-refractivity contribution is -0.147. The predicted molar refractivity (Wildman–Crippen MR) is 102 cm³/mol. The number of likely N-dealkylation sites (N-methyl/N-ethyl adjacent to an activating group) is 1. The Labute approximate surface area is 155 Å². The number of aromatic amines is 1. The number of aliphatic carboxylic acids is 1. The molecule has 3 aromatic rings. The number of halogens is 1. The summed E-state index contributed by atoms with van der Waals surface area (Å²) in [5.74, 6) is -1.88. The minimum absolute atomic E-state index is 0.186. The van der Waals surface area contributed by atoms with Crippen LogP contribution in [-0.4, -0.2) is 40.0 Å². The molecule has 0 bridgehead atoms. The molecule has 0 aliphatic rings. The smallest absolute Gasteiger partial charge is 0.326 e. The summed E-state index contributed by atoms with van der Waals surface area (Å²) in [5.41, 5.74) is 2.41. The lowest BCUT2D eigenvalue weighted by Gasteiger charge is -2.23. The molecule has 27 heavy (non-hydrogen) atoms. The van der Waals surface area contributed by atoms with Crippen molar-refractivity contribution in [3.8, 4) is 0 Å². The molecule has 0 radical (unpaired) electrons. The van der Waals surface area contributed by atoms with Crippen LogP contribution in [0.5, 0.6) is 0 Å². The molecule has 1 atom stereocenters. The predicted octanol–water partition coefficient (Wildman–Crippen LogP) is 3.47. The second-order valence-electron chi connectivity index (χ2n) is 6.25. The van der Waals surface area contributed by atoms with Gasteiger partial charge in [-0.1, -0.05) is 30.3 Å². The van der Waals surface area contributed by atoms with Crippen molar-refractivity contribution in [3.05, 3.63) is 77.7 Å². The van der Waals surface area contributed by atoms with E-state index in [2.05, 4.69) is 4.98 Å². The number of amides is 1. The summed E-state index contributed by atoms with van der Waals surface area (Å²) in [4.78, 5) is 28.5. The van der Waals surface area contributed by atoms with Gasteiger partial charge in [0, 0.05) is 36.6 Å². The quantitative estimate of drug-likeness (QED) is 0.656. The van der Waals surface area contributed by atoms with Crippen molar-refractivity contribution in [1.29, 1.82) is 0 Å². The van der Waals surface area contributed by atoms with Gasteiger partial charge in [-0.3, -0.25) is 4.79 Å². The second-order valence-corrected chi connectivity index (χ2v) is 6.25. The monoisotopic (exact) mass is 366 g/mol. The van der Waals surface area contributed by atoms with Crippen molar-refractivity contribution in [1.82, 2.24) is 9.88 Å². The van der Waals surface area contributed by atoms with Crippen LogP contribution < -0.4 is 0 Å². The lowest BCUT2D eigenvalue weighted by atomic mass is 10.0. The first-order valence-electron chi connectivity index (χ1n) is 8.44. The molecular formula is C21H19FN2O3. The number of aromatic nitrogens is 1. The fraction of sp³-hybridized carbons (Fsp3) is 0.143. The van der Waals surface area contributed by atoms with Crippen LogP contribution in [0.2, 0.25) is 0 Å². The van der Waals surface area contributed by atoms with E-state index in [1.54, 1.807) is 18.3 Å². The Kier molecular flexibility index (Phi) is 5.35. The Balaban J connectivity index is 1.76. The number of nitrogens with zero attached hydrogens (tertiary/aromatic N) is 1. The van der Waals surface area contributed by atoms with Crippen LogP contribution in [0, 0.1) is 5.82 Å². The first kappa shape index (κ1) is 18.4. The zero-order valence-electron chi connectivity index (χ0n) is 14.7. The number of fused-ring (bicyclic) bond motifs is 1. The minimum Gasteiger partial charge on any atom is -0.480 e. The highest BCUT2D eigenvalue weighted by atomic mass is 19.1. The normalized spacial score (nSPS) is 12.4. The molecule has 138 valence electrons. The van der Waals surface area contributed by atoms with Gasteiger partial charge in [-0.05, 0) is 35.4 Å². The van der Waals surface area contributed by atoms with Gasteiger partial charge >= 0.3 is 5.97 Å². The number of para-hydroxylation sites is 1. The van der Waals surface area contributed by atoms with E-state index in [0.29, 0.717) is 5.56 Å². The third-order valence-electron chi connectivity index (χ3n) is 4.48. The van der Waals surface area contributed by atoms with Crippen molar-refractivity contribution < 1.29 is 19.1 Å². The number of rotatable bonds is 6. The Hall–Kier alpha value is -3.41. The van der Waals surface area contributed by atoms with Gasteiger partial charge in [-0.2, -0.15) is 0 Å². The van der Waals surface area contributed by atoms with E-state index in [0.717, 1.165) is 16.5 Å². The molecule has 0 aliphatic carbocycles. The van der Waals surface area contributed by atoms with E-state index >= 15 is 0 Å². The number of benzene rings is 2. The Morgan fingerprint density at radius 3 is 2.59 bits per heavy atom. The first-order chi connectivity index (χ1) is 13.0. The Morgan fingerprint density at radius 2 is 1.89 bits per heavy atom. The van der Waals surface area contributed by atoms with E-state index in [9.17, 15) is 19.1 Å². The molecular weight excluding hydrogens is 347 g/mol. The molecule has 2 N–H and O–H groups in total. The van der Waals surface area contributed by atoms with Gasteiger partial charge in [0.05, 0.1) is 0 Å². The summed E-state index contributed by atoms with van der Waals surface area (Å²) >= 11 is 0. The topological polar surface area (TPSA) is 73.4 Å². The molecule has 6 heteroatoms. The van der Waals surface area contributed by atoms with Crippen LogP contribution in [-0.2, 0) is 16.0 Å². The first-order valence-corrected chi connectivity index (χ1v) is 8.44. The van der Waals surface area contributed by atoms with E-state index in [4.69, 9.17) is 0 Å². The highest BCUT2D eigenvalue weighted by Gasteiger charge is 2.26. The molecule has 1 heterocycles. The number of carboxylic acid groups (broad SMARTS) is 1. The van der Waals surface area contributed by atoms with Gasteiger partial charge < -0.3 is 15.0 Å². The molecule has 0 saturated carbocycles. The largest absolute Gasteiger partial charge is 0.480 e. The molecule has 5 nitrogen and oxygen atoms in total. The fourth-order valence-corrected chi connectivity index (χ4v) is 2.91. The van der Waals surface area contributed by atoms with Crippen LogP contribution in [0.25, 0.3) is 17.0 Å². The van der Waals surface area contributed by atoms with Gasteiger partial charge in [0.2, 0.25) is 5.91 Å². The van der Waals surface area contributed by atoms with E-state index in [-0.39, 0.29) is 12.2 Å². The maximum absolute atomic E-state index is 12.9. The number of carbonyl (C=O) groups excluding carboxylic acids is 1. The van der Waals surface area contributed by atoms with Gasteiger partial charge in [0.15, 0.2) is 0 Å². The van der Waals surface area contributed by atoms with Crippen molar-refractivity contribution >= 4 is 28.9 Å². The number of hydrogen-bond donors (Lipinski definition) is 2. The highest BCUT2D eigenvalue weighted by Crippen LogP contribution is 2.20. The molecule has 2 aromatic carbocycles. The maximum atomic E-state index is 12.9. The Morgan fingerprint density at radius 1 is 1.19 bits per heavy atom. The fourth-order valence-electron chi connectivity index (χ4n) is 2.91. The van der Waals surface area contributed by atoms with Gasteiger partial charge in [0.1, 0.15) is 11.9 Å². The van der Waals surface area contributed by atoms with E-state index < -0.39 is 17.9 Å². The summed E-state index contributed by atoms with van der Waals surface area (Å²) in [7, 11) is 1.46. The summed E-state index contributed by atoms with van der Waals surface area (Å²) in [6, 6.07) is 12.3. The summed E-state index contributed by atoms with van der Waals surface area (Å²) in [6.45, 7) is 0. The lowest BCUT2D eigenvalue weighted by Crippen LogP contribution is -2.43. The zero-order valence-corrected chi connectivity index (χ0v) is 14.7. The van der Waals surface area contributed by atoms with Crippen LogP contribution in [0.15, 0.2) is 60.8 Å². The van der Waals surface area contributed by atoms with Gasteiger partial charge in [0.25, 0.3) is 0 Å². The van der Waals surface area contributed by atoms with Crippen LogP contribution >= 0.6 is 0 Å². The summed E-state index contributed by atoms with van der Waals surface area (Å²) < 4.78 is 12.9. The second kappa shape index (κ2) is 7.86. The van der Waals surface area contributed by atoms with Crippen LogP contribution in [0.3, 0.4) is 0 Å². The minimum atomic E-state index is -1.08. The number of nitrogens with one attached hydrogen (secondary N) is 1. The van der Waals surface area contributed by atoms with E-state index in [1.165, 1.54) is 36.2 Å². The van der Waals surface area contributed by atoms with Gasteiger partial charge in [-0.15, -0.1) is 0 Å². The summed E-state index contributed by atoms with van der Waals surface area (Å²) in [6.07, 6.45) is 4.78. The van der Waals surface area contributed by atoms with Crippen LogP contribution in [0.1, 0.15) is 11.1 Å². The zero-order chi connectivity index (χ0) is 19.4. The standard InChI is InChI=1S/C21H19FN2O3/c1-24(20(25)11-8-14-6-9-16(22)10-7-14)19(21(26)27)12-15-13-23-18-5-3-2-4-17(15)18/h2-11,13,19,23H,12H2,1H3,(H,26,27)/t19-/m0/s1. The SMILES string of the molecule is CN(C(=O)C=Cc1ccc(F)cc1)[C@@H](Cc1c[nH]c2ccccc12)C(=O)O. The van der Waals surface area contributed by atoms with Gasteiger partial charge in [-0.25, -0.2) is 9.18 Å². The number of carboxylic acids is 1. The number of carbonyl (C=O) groups is 2. The maximum Gasteiger partial charge on any atom is 0.326 e. The molecule has 1 aromatic heterocycles. The molecule has 0 fully saturated rings. The average Bonchev–Trinajstić information content (AvgIpc) is 3.07. The third-order valence-corrected chi connectivity index (χ3v) is 4.48.